The van der Waals surface area contributed by atoms with Crippen molar-refractivity contribution in [2.24, 2.45) is 0 Å². The van der Waals surface area contributed by atoms with Crippen molar-refractivity contribution in [1.29, 1.82) is 0 Å². The second kappa shape index (κ2) is 11.0. The number of hydrogen-bond acceptors (Lipinski definition) is 5. The van der Waals surface area contributed by atoms with Gasteiger partial charge in [-0.15, -0.1) is 0 Å². The Labute approximate surface area is 237 Å². The summed E-state index contributed by atoms with van der Waals surface area (Å²) in [6, 6.07) is 23.4. The molecule has 3 aromatic carbocycles. The van der Waals surface area contributed by atoms with Gasteiger partial charge in [0.05, 0.1) is 10.6 Å². The van der Waals surface area contributed by atoms with Gasteiger partial charge in [-0.05, 0) is 79.5 Å². The van der Waals surface area contributed by atoms with Gasteiger partial charge in [-0.2, -0.15) is 10.1 Å². The van der Waals surface area contributed by atoms with Crippen molar-refractivity contribution < 1.29 is 9.59 Å². The van der Waals surface area contributed by atoms with Crippen LogP contribution in [0.2, 0.25) is 0 Å². The molecule has 4 aromatic rings. The lowest BCUT2D eigenvalue weighted by molar-refractivity contribution is -0.123. The average Bonchev–Trinajstić information content (AvgIpc) is 3.46. The number of hydrogen-bond donors (Lipinski definition) is 1. The van der Waals surface area contributed by atoms with Crippen molar-refractivity contribution >= 4 is 46.2 Å². The minimum atomic E-state index is -0.397. The number of benzene rings is 3. The summed E-state index contributed by atoms with van der Waals surface area (Å²) in [5.41, 5.74) is 9.92. The first-order chi connectivity index (χ1) is 18.7. The normalized spacial score (nSPS) is 14.5. The molecule has 0 radical (unpaired) electrons. The first kappa shape index (κ1) is 26.6. The largest absolute Gasteiger partial charge is 0.285 e. The number of aromatic nitrogens is 2. The zero-order chi connectivity index (χ0) is 27.7. The summed E-state index contributed by atoms with van der Waals surface area (Å²) in [4.78, 5) is 26.6. The number of rotatable bonds is 6. The van der Waals surface area contributed by atoms with Crippen LogP contribution < -0.4 is 5.43 Å². The Bertz CT molecular complexity index is 1610. The highest BCUT2D eigenvalue weighted by molar-refractivity contribution is 8.26. The fourth-order valence-corrected chi connectivity index (χ4v) is 5.42. The van der Waals surface area contributed by atoms with Crippen LogP contribution in [0, 0.1) is 13.8 Å². The summed E-state index contributed by atoms with van der Waals surface area (Å²) >= 11 is 6.62. The van der Waals surface area contributed by atoms with Gasteiger partial charge in [0, 0.05) is 22.9 Å². The Balaban J connectivity index is 1.52. The zero-order valence-electron chi connectivity index (χ0n) is 22.1. The topological polar surface area (TPSA) is 67.2 Å². The minimum Gasteiger partial charge on any atom is -0.267 e. The highest BCUT2D eigenvalue weighted by Gasteiger charge is 2.34. The van der Waals surface area contributed by atoms with E-state index < -0.39 is 5.91 Å². The summed E-state index contributed by atoms with van der Waals surface area (Å²) in [7, 11) is 0. The number of carbonyl (C=O) groups is 2. The van der Waals surface area contributed by atoms with Crippen LogP contribution in [0.1, 0.15) is 52.4 Å². The third kappa shape index (κ3) is 5.57. The Morgan fingerprint density at radius 2 is 1.74 bits per heavy atom. The molecule has 0 spiro atoms. The zero-order valence-corrected chi connectivity index (χ0v) is 23.8. The molecular weight excluding hydrogens is 525 g/mol. The van der Waals surface area contributed by atoms with Crippen molar-refractivity contribution in [2.45, 2.75) is 33.6 Å². The summed E-state index contributed by atoms with van der Waals surface area (Å²) in [6.07, 6.45) is 3.73. The minimum absolute atomic E-state index is 0.265. The van der Waals surface area contributed by atoms with Crippen molar-refractivity contribution in [2.75, 3.05) is 0 Å². The number of aryl methyl sites for hydroxylation is 2. The van der Waals surface area contributed by atoms with Gasteiger partial charge in [-0.25, -0.2) is 4.68 Å². The summed E-state index contributed by atoms with van der Waals surface area (Å²) < 4.78 is 2.09. The van der Waals surface area contributed by atoms with E-state index in [1.165, 1.54) is 5.56 Å². The third-order valence-corrected chi connectivity index (χ3v) is 7.86. The van der Waals surface area contributed by atoms with E-state index >= 15 is 0 Å². The Kier molecular flexibility index (Phi) is 7.50. The summed E-state index contributed by atoms with van der Waals surface area (Å²) in [5, 5.41) is 6.09. The summed E-state index contributed by atoms with van der Waals surface area (Å²) in [6.45, 7) is 8.33. The number of para-hydroxylation sites is 1. The number of nitrogens with zero attached hydrogens (tertiary/aromatic N) is 3. The van der Waals surface area contributed by atoms with Crippen LogP contribution in [0.15, 0.2) is 83.9 Å². The molecule has 5 rings (SSSR count). The quantitative estimate of drug-likeness (QED) is 0.210. The Hall–Kier alpha value is -4.01. The first-order valence-corrected chi connectivity index (χ1v) is 13.9. The molecule has 8 heteroatoms. The predicted molar refractivity (Wildman–Crippen MR) is 161 cm³/mol. The molecule has 0 bridgehead atoms. The van der Waals surface area contributed by atoms with Gasteiger partial charge in [0.25, 0.3) is 11.8 Å². The lowest BCUT2D eigenvalue weighted by Gasteiger charge is -2.15. The number of thiocarbonyl (C=S) groups is 1. The second-order valence-corrected chi connectivity index (χ2v) is 11.4. The average molecular weight is 553 g/mol. The van der Waals surface area contributed by atoms with Crippen LogP contribution in [-0.4, -0.2) is 30.9 Å². The van der Waals surface area contributed by atoms with Crippen LogP contribution in [0.4, 0.5) is 0 Å². The standard InChI is InChI=1S/C31H28N4O2S2/c1-19(2)23-15-12-21(4)26(16-23)28-24(18-34(32-28)25-8-6-5-7-9-25)17-27-30(37)35(31(38)39-27)33-29(36)22-13-10-20(3)11-14-22/h5-19H,1-4H3,(H,33,36). The van der Waals surface area contributed by atoms with Gasteiger partial charge in [-0.1, -0.05) is 73.6 Å². The van der Waals surface area contributed by atoms with E-state index in [1.807, 2.05) is 60.3 Å². The molecule has 2 heterocycles. The second-order valence-electron chi connectivity index (χ2n) is 9.77. The molecule has 0 saturated carbocycles. The van der Waals surface area contributed by atoms with Crippen molar-refractivity contribution in [3.05, 3.63) is 112 Å². The maximum atomic E-state index is 13.4. The maximum absolute atomic E-state index is 13.4. The van der Waals surface area contributed by atoms with Crippen LogP contribution in [0.3, 0.4) is 0 Å². The van der Waals surface area contributed by atoms with Gasteiger partial charge in [-0.3, -0.25) is 15.0 Å². The van der Waals surface area contributed by atoms with Crippen LogP contribution in [0.5, 0.6) is 0 Å². The Morgan fingerprint density at radius 3 is 2.44 bits per heavy atom. The highest BCUT2D eigenvalue weighted by atomic mass is 32.2. The van der Waals surface area contributed by atoms with E-state index in [2.05, 4.69) is 44.4 Å². The third-order valence-electron chi connectivity index (χ3n) is 6.55. The SMILES string of the molecule is Cc1ccc(C(=O)NN2C(=O)C(=Cc3cn(-c4ccccc4)nc3-c3cc(C(C)C)ccc3C)SC2=S)cc1. The predicted octanol–water partition coefficient (Wildman–Crippen LogP) is 6.83. The Morgan fingerprint density at radius 1 is 1.03 bits per heavy atom. The van der Waals surface area contributed by atoms with Crippen LogP contribution in [-0.2, 0) is 4.79 Å². The molecule has 6 nitrogen and oxygen atoms in total. The van der Waals surface area contributed by atoms with Gasteiger partial charge < -0.3 is 0 Å². The molecule has 1 saturated heterocycles. The fourth-order valence-electron chi connectivity index (χ4n) is 4.25. The fraction of sp³-hybridized carbons (Fsp3) is 0.161. The van der Waals surface area contributed by atoms with Gasteiger partial charge in [0.15, 0.2) is 4.32 Å². The molecule has 1 fully saturated rings. The maximum Gasteiger partial charge on any atom is 0.285 e. The molecule has 0 unspecified atom stereocenters. The smallest absolute Gasteiger partial charge is 0.267 e. The van der Waals surface area contributed by atoms with E-state index in [0.717, 1.165) is 50.4 Å². The van der Waals surface area contributed by atoms with E-state index in [1.54, 1.807) is 18.2 Å². The molecule has 0 atom stereocenters. The molecule has 0 aliphatic carbocycles. The molecule has 1 N–H and O–H groups in total. The lowest BCUT2D eigenvalue weighted by atomic mass is 9.95. The summed E-state index contributed by atoms with van der Waals surface area (Å²) in [5.74, 6) is -0.416. The molecule has 39 heavy (non-hydrogen) atoms. The molecule has 1 aliphatic rings. The number of thioether (sulfide) groups is 1. The first-order valence-electron chi connectivity index (χ1n) is 12.6. The number of nitrogens with one attached hydrogen (secondary N) is 1. The van der Waals surface area contributed by atoms with E-state index in [-0.39, 0.29) is 10.2 Å². The highest BCUT2D eigenvalue weighted by Crippen LogP contribution is 2.35. The number of carbonyl (C=O) groups excluding carboxylic acids is 2. The number of amides is 2. The van der Waals surface area contributed by atoms with Crippen LogP contribution >= 0.6 is 24.0 Å². The van der Waals surface area contributed by atoms with Crippen molar-refractivity contribution in [1.82, 2.24) is 20.2 Å². The molecule has 2 amide bonds. The van der Waals surface area contributed by atoms with Crippen molar-refractivity contribution in [3.8, 4) is 16.9 Å². The monoisotopic (exact) mass is 552 g/mol. The van der Waals surface area contributed by atoms with Gasteiger partial charge in [0.2, 0.25) is 0 Å². The van der Waals surface area contributed by atoms with Crippen molar-refractivity contribution in [3.63, 3.8) is 0 Å². The molecule has 1 aromatic heterocycles. The number of hydrazine groups is 1. The van der Waals surface area contributed by atoms with Crippen LogP contribution in [0.25, 0.3) is 23.0 Å². The van der Waals surface area contributed by atoms with E-state index in [0.29, 0.717) is 16.4 Å². The molecular formula is C31H28N4O2S2. The van der Waals surface area contributed by atoms with E-state index in [9.17, 15) is 9.59 Å². The van der Waals surface area contributed by atoms with Gasteiger partial charge >= 0.3 is 0 Å². The lowest BCUT2D eigenvalue weighted by Crippen LogP contribution is -2.44. The van der Waals surface area contributed by atoms with Gasteiger partial charge in [0.1, 0.15) is 5.69 Å². The van der Waals surface area contributed by atoms with E-state index in [4.69, 9.17) is 17.3 Å². The molecule has 196 valence electrons. The molecule has 1 aliphatic heterocycles.